The van der Waals surface area contributed by atoms with Crippen LogP contribution >= 0.6 is 0 Å². The number of sulfone groups is 1. The number of hydrogen-bond donors (Lipinski definition) is 2. The summed E-state index contributed by atoms with van der Waals surface area (Å²) in [5.74, 6) is 0.796. The van der Waals surface area contributed by atoms with Crippen molar-refractivity contribution in [3.8, 4) is 0 Å². The fourth-order valence-electron chi connectivity index (χ4n) is 3.88. The summed E-state index contributed by atoms with van der Waals surface area (Å²) in [5.41, 5.74) is 0. The molecule has 2 aliphatic rings. The van der Waals surface area contributed by atoms with E-state index in [1.807, 2.05) is 0 Å². The van der Waals surface area contributed by atoms with Crippen LogP contribution in [0.25, 0.3) is 0 Å². The zero-order chi connectivity index (χ0) is 20.0. The van der Waals surface area contributed by atoms with Gasteiger partial charge < -0.3 is 15.4 Å². The first-order chi connectivity index (χ1) is 13.5. The predicted octanol–water partition coefficient (Wildman–Crippen LogP) is 1.55. The van der Waals surface area contributed by atoms with Crippen molar-refractivity contribution >= 4 is 21.7 Å². The van der Waals surface area contributed by atoms with Crippen molar-refractivity contribution < 1.29 is 17.9 Å². The molecule has 1 aromatic rings. The molecule has 156 valence electrons. The molecule has 1 saturated heterocycles. The fourth-order valence-corrected chi connectivity index (χ4v) is 5.37. The van der Waals surface area contributed by atoms with Crippen LogP contribution in [-0.4, -0.2) is 60.6 Å². The smallest absolute Gasteiger partial charge is 0.223 e. The minimum Gasteiger partial charge on any atom is -0.376 e. The van der Waals surface area contributed by atoms with E-state index >= 15 is 0 Å². The number of nitrogens with zero attached hydrogens (tertiary/aromatic N) is 2. The maximum Gasteiger partial charge on any atom is 0.223 e. The first kappa shape index (κ1) is 21.0. The van der Waals surface area contributed by atoms with E-state index in [0.717, 1.165) is 19.3 Å². The summed E-state index contributed by atoms with van der Waals surface area (Å²) in [4.78, 5) is 21.2. The summed E-state index contributed by atoms with van der Waals surface area (Å²) in [7, 11) is -2.92. The van der Waals surface area contributed by atoms with Gasteiger partial charge in [-0.2, -0.15) is 0 Å². The van der Waals surface area contributed by atoms with Gasteiger partial charge in [-0.25, -0.2) is 18.4 Å². The largest absolute Gasteiger partial charge is 0.376 e. The van der Waals surface area contributed by atoms with Gasteiger partial charge >= 0.3 is 0 Å². The van der Waals surface area contributed by atoms with Crippen LogP contribution in [0.15, 0.2) is 18.5 Å². The van der Waals surface area contributed by atoms with E-state index in [4.69, 9.17) is 4.74 Å². The molecule has 0 radical (unpaired) electrons. The highest BCUT2D eigenvalue weighted by molar-refractivity contribution is 7.91. The lowest BCUT2D eigenvalue weighted by Crippen LogP contribution is -2.48. The third-order valence-electron chi connectivity index (χ3n) is 5.48. The van der Waals surface area contributed by atoms with Crippen molar-refractivity contribution in [1.82, 2.24) is 15.3 Å². The van der Waals surface area contributed by atoms with Gasteiger partial charge in [0.2, 0.25) is 11.9 Å². The Morgan fingerprint density at radius 2 is 1.89 bits per heavy atom. The number of aromatic nitrogens is 2. The van der Waals surface area contributed by atoms with Crippen molar-refractivity contribution in [1.29, 1.82) is 0 Å². The third-order valence-corrected chi connectivity index (χ3v) is 7.20. The van der Waals surface area contributed by atoms with Crippen molar-refractivity contribution in [2.75, 3.05) is 23.4 Å². The number of ether oxygens (including phenoxy) is 1. The van der Waals surface area contributed by atoms with Gasteiger partial charge in [-0.1, -0.05) is 6.92 Å². The Morgan fingerprint density at radius 1 is 1.18 bits per heavy atom. The summed E-state index contributed by atoms with van der Waals surface area (Å²) in [6, 6.07) is 1.80. The zero-order valence-electron chi connectivity index (χ0n) is 16.3. The van der Waals surface area contributed by atoms with Gasteiger partial charge in [-0.05, 0) is 44.6 Å². The van der Waals surface area contributed by atoms with Crippen LogP contribution in [0, 0.1) is 5.92 Å². The van der Waals surface area contributed by atoms with Crippen LogP contribution in [0.2, 0.25) is 0 Å². The lowest BCUT2D eigenvalue weighted by Gasteiger charge is -2.36. The van der Waals surface area contributed by atoms with Gasteiger partial charge in [0.15, 0.2) is 0 Å². The SMILES string of the molecule is CCCO[C@H]1C[C@@H](C(=O)NC2CCS(=O)(=O)CC2)CC[C@@H]1Nc1ncccn1. The second kappa shape index (κ2) is 9.65. The Balaban J connectivity index is 1.56. The minimum absolute atomic E-state index is 0.0174. The Labute approximate surface area is 166 Å². The van der Waals surface area contributed by atoms with E-state index in [1.54, 1.807) is 18.5 Å². The Kier molecular flexibility index (Phi) is 7.23. The second-order valence-electron chi connectivity index (χ2n) is 7.68. The summed E-state index contributed by atoms with van der Waals surface area (Å²) >= 11 is 0. The van der Waals surface area contributed by atoms with Crippen molar-refractivity contribution in [3.63, 3.8) is 0 Å². The Hall–Kier alpha value is -1.74. The van der Waals surface area contributed by atoms with Crippen molar-refractivity contribution in [3.05, 3.63) is 18.5 Å². The molecule has 1 aliphatic heterocycles. The number of hydrogen-bond acceptors (Lipinski definition) is 7. The van der Waals surface area contributed by atoms with E-state index in [0.29, 0.717) is 31.8 Å². The normalized spacial score (nSPS) is 27.8. The quantitative estimate of drug-likeness (QED) is 0.701. The molecule has 2 heterocycles. The molecule has 3 atom stereocenters. The molecule has 0 bridgehead atoms. The highest BCUT2D eigenvalue weighted by Crippen LogP contribution is 2.29. The first-order valence-corrected chi connectivity index (χ1v) is 11.9. The van der Waals surface area contributed by atoms with E-state index in [2.05, 4.69) is 27.5 Å². The standard InChI is InChI=1S/C19H30N4O4S/c1-2-10-27-17-13-14(4-5-16(17)23-19-20-8-3-9-21-19)18(24)22-15-6-11-28(25,26)12-7-15/h3,8-9,14-17H,2,4-7,10-13H2,1H3,(H,22,24)(H,20,21,23)/t14-,16-,17-/m0/s1. The molecule has 1 aromatic heterocycles. The van der Waals surface area contributed by atoms with E-state index in [1.165, 1.54) is 0 Å². The van der Waals surface area contributed by atoms with Crippen LogP contribution in [0.4, 0.5) is 5.95 Å². The average Bonchev–Trinajstić information content (AvgIpc) is 2.69. The Bertz CT molecular complexity index is 730. The molecule has 0 unspecified atom stereocenters. The van der Waals surface area contributed by atoms with Gasteiger partial charge in [0.05, 0.1) is 23.7 Å². The summed E-state index contributed by atoms with van der Waals surface area (Å²) in [6.45, 7) is 2.71. The van der Waals surface area contributed by atoms with Crippen LogP contribution < -0.4 is 10.6 Å². The average molecular weight is 411 g/mol. The van der Waals surface area contributed by atoms with Crippen LogP contribution in [-0.2, 0) is 19.4 Å². The zero-order valence-corrected chi connectivity index (χ0v) is 17.2. The first-order valence-electron chi connectivity index (χ1n) is 10.1. The summed E-state index contributed by atoms with van der Waals surface area (Å²) in [5, 5.41) is 6.41. The molecule has 3 rings (SSSR count). The molecular formula is C19H30N4O4S. The lowest BCUT2D eigenvalue weighted by atomic mass is 9.83. The fraction of sp³-hybridized carbons (Fsp3) is 0.737. The number of carbonyl (C=O) groups excluding carboxylic acids is 1. The van der Waals surface area contributed by atoms with Crippen LogP contribution in [0.3, 0.4) is 0 Å². The highest BCUT2D eigenvalue weighted by Gasteiger charge is 2.36. The molecule has 8 nitrogen and oxygen atoms in total. The van der Waals surface area contributed by atoms with Gasteiger partial charge in [0.1, 0.15) is 9.84 Å². The second-order valence-corrected chi connectivity index (χ2v) is 9.98. The molecular weight excluding hydrogens is 380 g/mol. The van der Waals surface area contributed by atoms with Crippen molar-refractivity contribution in [2.45, 2.75) is 63.6 Å². The van der Waals surface area contributed by atoms with Gasteiger partial charge in [0, 0.05) is 31.0 Å². The number of rotatable bonds is 7. The van der Waals surface area contributed by atoms with Gasteiger partial charge in [-0.3, -0.25) is 4.79 Å². The van der Waals surface area contributed by atoms with Crippen molar-refractivity contribution in [2.24, 2.45) is 5.92 Å². The molecule has 0 aromatic carbocycles. The lowest BCUT2D eigenvalue weighted by molar-refractivity contribution is -0.129. The number of anilines is 1. The molecule has 9 heteroatoms. The summed E-state index contributed by atoms with van der Waals surface area (Å²) in [6.07, 6.45) is 7.43. The monoisotopic (exact) mass is 410 g/mol. The van der Waals surface area contributed by atoms with Gasteiger partial charge in [-0.15, -0.1) is 0 Å². The van der Waals surface area contributed by atoms with E-state index in [-0.39, 0.29) is 41.5 Å². The predicted molar refractivity (Wildman–Crippen MR) is 107 cm³/mol. The highest BCUT2D eigenvalue weighted by atomic mass is 32.2. The minimum atomic E-state index is -2.92. The topological polar surface area (TPSA) is 110 Å². The number of carbonyl (C=O) groups is 1. The van der Waals surface area contributed by atoms with Crippen LogP contribution in [0.5, 0.6) is 0 Å². The molecule has 2 N–H and O–H groups in total. The molecule has 1 aliphatic carbocycles. The molecule has 1 amide bonds. The Morgan fingerprint density at radius 3 is 2.57 bits per heavy atom. The maximum absolute atomic E-state index is 12.8. The molecule has 28 heavy (non-hydrogen) atoms. The third kappa shape index (κ3) is 5.88. The molecule has 0 spiro atoms. The number of amides is 1. The number of nitrogens with one attached hydrogen (secondary N) is 2. The maximum atomic E-state index is 12.8. The molecule has 1 saturated carbocycles. The summed E-state index contributed by atoms with van der Waals surface area (Å²) < 4.78 is 29.2. The van der Waals surface area contributed by atoms with Crippen LogP contribution in [0.1, 0.15) is 45.4 Å². The van der Waals surface area contributed by atoms with Gasteiger partial charge in [0.25, 0.3) is 0 Å². The van der Waals surface area contributed by atoms with E-state index < -0.39 is 9.84 Å². The molecule has 2 fully saturated rings. The van der Waals surface area contributed by atoms with E-state index in [9.17, 15) is 13.2 Å².